The van der Waals surface area contributed by atoms with Crippen LogP contribution < -0.4 is 4.90 Å². The maximum atomic E-state index is 10.6. The van der Waals surface area contributed by atoms with Gasteiger partial charge in [0.2, 0.25) is 5.95 Å². The lowest BCUT2D eigenvalue weighted by Crippen LogP contribution is -2.46. The highest BCUT2D eigenvalue weighted by molar-refractivity contribution is 7.99. The van der Waals surface area contributed by atoms with E-state index in [1.165, 1.54) is 11.8 Å². The van der Waals surface area contributed by atoms with Crippen molar-refractivity contribution in [1.82, 2.24) is 14.8 Å². The first-order valence-electron chi connectivity index (χ1n) is 6.21. The minimum Gasteiger partial charge on any atom is -0.481 e. The average Bonchev–Trinajstić information content (AvgIpc) is 2.77. The molecule has 0 aliphatic carbocycles. The molecule has 1 unspecified atom stereocenters. The SMILES string of the molecule is CCC1COCCN1c1nnc(SCC(=O)O)n1C. The van der Waals surface area contributed by atoms with Gasteiger partial charge < -0.3 is 14.7 Å². The first-order valence-corrected chi connectivity index (χ1v) is 7.20. The van der Waals surface area contributed by atoms with E-state index in [1.807, 2.05) is 11.6 Å². The van der Waals surface area contributed by atoms with Crippen LogP contribution in [-0.4, -0.2) is 57.4 Å². The fourth-order valence-electron chi connectivity index (χ4n) is 2.07. The molecule has 1 fully saturated rings. The highest BCUT2D eigenvalue weighted by Crippen LogP contribution is 2.23. The predicted octanol–water partition coefficient (Wildman–Crippen LogP) is 0.607. The van der Waals surface area contributed by atoms with E-state index in [2.05, 4.69) is 22.0 Å². The summed E-state index contributed by atoms with van der Waals surface area (Å²) in [7, 11) is 1.86. The second-order valence-electron chi connectivity index (χ2n) is 4.35. The highest BCUT2D eigenvalue weighted by atomic mass is 32.2. The number of anilines is 1. The monoisotopic (exact) mass is 286 g/mol. The summed E-state index contributed by atoms with van der Waals surface area (Å²) in [5, 5.41) is 17.6. The summed E-state index contributed by atoms with van der Waals surface area (Å²) >= 11 is 1.18. The second kappa shape index (κ2) is 6.25. The van der Waals surface area contributed by atoms with Crippen LogP contribution in [0.2, 0.25) is 0 Å². The van der Waals surface area contributed by atoms with Gasteiger partial charge in [-0.2, -0.15) is 0 Å². The zero-order valence-electron chi connectivity index (χ0n) is 11.1. The van der Waals surface area contributed by atoms with E-state index < -0.39 is 5.97 Å². The minimum absolute atomic E-state index is 0.00765. The van der Waals surface area contributed by atoms with Gasteiger partial charge in [0, 0.05) is 13.6 Å². The molecule has 1 N–H and O–H groups in total. The molecule has 1 saturated heterocycles. The lowest BCUT2D eigenvalue weighted by Gasteiger charge is -2.35. The van der Waals surface area contributed by atoms with Gasteiger partial charge in [-0.25, -0.2) is 0 Å². The maximum Gasteiger partial charge on any atom is 0.313 e. The fourth-order valence-corrected chi connectivity index (χ4v) is 2.69. The van der Waals surface area contributed by atoms with E-state index in [-0.39, 0.29) is 5.75 Å². The number of hydrogen-bond donors (Lipinski definition) is 1. The Morgan fingerprint density at radius 1 is 1.58 bits per heavy atom. The summed E-state index contributed by atoms with van der Waals surface area (Å²) in [6.45, 7) is 4.28. The third-order valence-electron chi connectivity index (χ3n) is 3.09. The fraction of sp³-hybridized carbons (Fsp3) is 0.727. The van der Waals surface area contributed by atoms with E-state index in [1.54, 1.807) is 0 Å². The molecule has 0 bridgehead atoms. The molecule has 1 aliphatic heterocycles. The Kier molecular flexibility index (Phi) is 4.65. The van der Waals surface area contributed by atoms with E-state index in [0.717, 1.165) is 18.9 Å². The van der Waals surface area contributed by atoms with Crippen LogP contribution in [0.25, 0.3) is 0 Å². The molecule has 1 atom stereocenters. The Labute approximate surface area is 115 Å². The smallest absolute Gasteiger partial charge is 0.313 e. The topological polar surface area (TPSA) is 80.5 Å². The van der Waals surface area contributed by atoms with Crippen LogP contribution in [0.15, 0.2) is 5.16 Å². The highest BCUT2D eigenvalue weighted by Gasteiger charge is 2.26. The number of rotatable bonds is 5. The molecule has 2 rings (SSSR count). The number of hydrogen-bond acceptors (Lipinski definition) is 6. The van der Waals surface area contributed by atoms with E-state index in [0.29, 0.717) is 24.4 Å². The van der Waals surface area contributed by atoms with Crippen LogP contribution in [0.5, 0.6) is 0 Å². The van der Waals surface area contributed by atoms with Crippen molar-refractivity contribution in [1.29, 1.82) is 0 Å². The third-order valence-corrected chi connectivity index (χ3v) is 4.10. The number of carboxylic acids is 1. The minimum atomic E-state index is -0.854. The molecule has 0 radical (unpaired) electrons. The first kappa shape index (κ1) is 14.1. The molecule has 1 aromatic heterocycles. The van der Waals surface area contributed by atoms with Gasteiger partial charge in [0.25, 0.3) is 0 Å². The molecule has 0 aromatic carbocycles. The van der Waals surface area contributed by atoms with Gasteiger partial charge >= 0.3 is 5.97 Å². The van der Waals surface area contributed by atoms with Crippen LogP contribution in [0.4, 0.5) is 5.95 Å². The number of morpholine rings is 1. The lowest BCUT2D eigenvalue weighted by atomic mass is 10.2. The van der Waals surface area contributed by atoms with E-state index in [4.69, 9.17) is 9.84 Å². The number of carbonyl (C=O) groups is 1. The molecule has 0 saturated carbocycles. The molecule has 8 heteroatoms. The molecule has 2 heterocycles. The maximum absolute atomic E-state index is 10.6. The van der Waals surface area contributed by atoms with Gasteiger partial charge in [-0.15, -0.1) is 10.2 Å². The number of nitrogens with zero attached hydrogens (tertiary/aromatic N) is 4. The molecule has 0 spiro atoms. The van der Waals surface area contributed by atoms with Gasteiger partial charge in [-0.3, -0.25) is 9.36 Å². The number of aliphatic carboxylic acids is 1. The summed E-state index contributed by atoms with van der Waals surface area (Å²) in [5.74, 6) is -0.0814. The number of ether oxygens (including phenoxy) is 1. The normalized spacial score (nSPS) is 19.7. The van der Waals surface area contributed by atoms with Crippen molar-refractivity contribution in [3.8, 4) is 0 Å². The van der Waals surface area contributed by atoms with Crippen LogP contribution in [0.3, 0.4) is 0 Å². The van der Waals surface area contributed by atoms with Crippen LogP contribution in [0.1, 0.15) is 13.3 Å². The van der Waals surface area contributed by atoms with Gasteiger partial charge in [0.1, 0.15) is 0 Å². The van der Waals surface area contributed by atoms with E-state index >= 15 is 0 Å². The molecular weight excluding hydrogens is 268 g/mol. The van der Waals surface area contributed by atoms with Crippen LogP contribution in [0, 0.1) is 0 Å². The molecule has 7 nitrogen and oxygen atoms in total. The Balaban J connectivity index is 2.13. The Morgan fingerprint density at radius 2 is 2.37 bits per heavy atom. The van der Waals surface area contributed by atoms with Gasteiger partial charge in [-0.05, 0) is 6.42 Å². The molecular formula is C11H18N4O3S. The zero-order valence-corrected chi connectivity index (χ0v) is 11.9. The van der Waals surface area contributed by atoms with Crippen molar-refractivity contribution in [3.63, 3.8) is 0 Å². The first-order chi connectivity index (χ1) is 9.13. The van der Waals surface area contributed by atoms with E-state index in [9.17, 15) is 4.79 Å². The van der Waals surface area contributed by atoms with Gasteiger partial charge in [0.15, 0.2) is 5.16 Å². The zero-order chi connectivity index (χ0) is 13.8. The van der Waals surface area contributed by atoms with Crippen LogP contribution in [-0.2, 0) is 16.6 Å². The molecule has 1 aliphatic rings. The standard InChI is InChI=1S/C11H18N4O3S/c1-3-8-6-18-5-4-15(8)10-12-13-11(14(10)2)19-7-9(16)17/h8H,3-7H2,1-2H3,(H,16,17). The number of thioether (sulfide) groups is 1. The summed E-state index contributed by atoms with van der Waals surface area (Å²) in [5.41, 5.74) is 0. The Bertz CT molecular complexity index is 451. The molecule has 0 amide bonds. The largest absolute Gasteiger partial charge is 0.481 e. The second-order valence-corrected chi connectivity index (χ2v) is 5.30. The van der Waals surface area contributed by atoms with Crippen molar-refractivity contribution < 1.29 is 14.6 Å². The average molecular weight is 286 g/mol. The van der Waals surface area contributed by atoms with Crippen molar-refractivity contribution in [2.24, 2.45) is 7.05 Å². The summed E-state index contributed by atoms with van der Waals surface area (Å²) in [4.78, 5) is 12.8. The lowest BCUT2D eigenvalue weighted by molar-refractivity contribution is -0.133. The third kappa shape index (κ3) is 3.19. The number of aromatic nitrogens is 3. The molecule has 1 aromatic rings. The number of carboxylic acid groups (broad SMARTS) is 1. The quantitative estimate of drug-likeness (QED) is 0.794. The Hall–Kier alpha value is -1.28. The van der Waals surface area contributed by atoms with Crippen molar-refractivity contribution in [2.45, 2.75) is 24.5 Å². The van der Waals surface area contributed by atoms with Crippen molar-refractivity contribution in [3.05, 3.63) is 0 Å². The molecule has 106 valence electrons. The van der Waals surface area contributed by atoms with Gasteiger partial charge in [-0.1, -0.05) is 18.7 Å². The van der Waals surface area contributed by atoms with Crippen LogP contribution >= 0.6 is 11.8 Å². The summed E-state index contributed by atoms with van der Waals surface area (Å²) in [6.07, 6.45) is 0.977. The van der Waals surface area contributed by atoms with Gasteiger partial charge in [0.05, 0.1) is 25.0 Å². The van der Waals surface area contributed by atoms with Crippen molar-refractivity contribution >= 4 is 23.7 Å². The summed E-state index contributed by atoms with van der Waals surface area (Å²) < 4.78 is 7.32. The van der Waals surface area contributed by atoms with Crippen molar-refractivity contribution in [2.75, 3.05) is 30.4 Å². The molecule has 19 heavy (non-hydrogen) atoms. The summed E-state index contributed by atoms with van der Waals surface area (Å²) in [6, 6.07) is 0.300. The predicted molar refractivity (Wildman–Crippen MR) is 71.6 cm³/mol. The Morgan fingerprint density at radius 3 is 3.05 bits per heavy atom.